The standard InChI is InChI=1S/C18H23ClN2/c1-20-12-11-15-3-5-16(6-4-15)13-21(2)14-17-7-9-18(19)10-8-17/h3-10,20H,11-14H2,1-2H3. The topological polar surface area (TPSA) is 15.3 Å². The van der Waals surface area contributed by atoms with Gasteiger partial charge < -0.3 is 5.32 Å². The van der Waals surface area contributed by atoms with Crippen LogP contribution in [0.15, 0.2) is 48.5 Å². The third kappa shape index (κ3) is 5.50. The van der Waals surface area contributed by atoms with Crippen molar-refractivity contribution in [3.8, 4) is 0 Å². The molecule has 0 aliphatic carbocycles. The highest BCUT2D eigenvalue weighted by Crippen LogP contribution is 2.13. The molecule has 2 nitrogen and oxygen atoms in total. The van der Waals surface area contributed by atoms with Gasteiger partial charge in [-0.2, -0.15) is 0 Å². The Kier molecular flexibility index (Phi) is 6.24. The summed E-state index contributed by atoms with van der Waals surface area (Å²) in [5, 5.41) is 3.97. The molecule has 1 N–H and O–H groups in total. The summed E-state index contributed by atoms with van der Waals surface area (Å²) in [7, 11) is 4.13. The molecule has 0 bridgehead atoms. The second kappa shape index (κ2) is 8.18. The monoisotopic (exact) mass is 302 g/mol. The van der Waals surface area contributed by atoms with E-state index < -0.39 is 0 Å². The largest absolute Gasteiger partial charge is 0.319 e. The number of hydrogen-bond acceptors (Lipinski definition) is 2. The Morgan fingerprint density at radius 2 is 1.33 bits per heavy atom. The van der Waals surface area contributed by atoms with Crippen LogP contribution in [0.5, 0.6) is 0 Å². The van der Waals surface area contributed by atoms with Crippen molar-refractivity contribution in [3.05, 3.63) is 70.2 Å². The van der Waals surface area contributed by atoms with Crippen LogP contribution in [-0.4, -0.2) is 25.5 Å². The van der Waals surface area contributed by atoms with Gasteiger partial charge in [0.1, 0.15) is 0 Å². The lowest BCUT2D eigenvalue weighted by atomic mass is 10.1. The molecule has 2 rings (SSSR count). The fourth-order valence-electron chi connectivity index (χ4n) is 2.35. The Hall–Kier alpha value is -1.35. The van der Waals surface area contributed by atoms with Crippen molar-refractivity contribution in [2.75, 3.05) is 20.6 Å². The summed E-state index contributed by atoms with van der Waals surface area (Å²) in [5.74, 6) is 0. The molecule has 3 heteroatoms. The van der Waals surface area contributed by atoms with Crippen LogP contribution in [0.3, 0.4) is 0 Å². The van der Waals surface area contributed by atoms with Crippen LogP contribution in [0, 0.1) is 0 Å². The van der Waals surface area contributed by atoms with E-state index in [0.717, 1.165) is 31.1 Å². The predicted molar refractivity (Wildman–Crippen MR) is 90.7 cm³/mol. The Balaban J connectivity index is 1.87. The molecule has 0 fully saturated rings. The van der Waals surface area contributed by atoms with E-state index in [0.29, 0.717) is 0 Å². The third-order valence-electron chi connectivity index (χ3n) is 3.50. The third-order valence-corrected chi connectivity index (χ3v) is 3.76. The molecule has 0 aromatic heterocycles. The lowest BCUT2D eigenvalue weighted by Gasteiger charge is -2.17. The second-order valence-corrected chi connectivity index (χ2v) is 5.91. The number of nitrogens with one attached hydrogen (secondary N) is 1. The lowest BCUT2D eigenvalue weighted by molar-refractivity contribution is 0.319. The first-order chi connectivity index (χ1) is 10.2. The maximum atomic E-state index is 5.91. The smallest absolute Gasteiger partial charge is 0.0406 e. The van der Waals surface area contributed by atoms with E-state index >= 15 is 0 Å². The van der Waals surface area contributed by atoms with Gasteiger partial charge in [-0.1, -0.05) is 48.0 Å². The number of halogens is 1. The lowest BCUT2D eigenvalue weighted by Crippen LogP contribution is -2.17. The molecule has 2 aromatic carbocycles. The average molecular weight is 303 g/mol. The Bertz CT molecular complexity index is 534. The van der Waals surface area contributed by atoms with E-state index in [1.807, 2.05) is 19.2 Å². The molecule has 0 saturated carbocycles. The van der Waals surface area contributed by atoms with Crippen molar-refractivity contribution in [2.45, 2.75) is 19.5 Å². The Morgan fingerprint density at radius 3 is 1.86 bits per heavy atom. The minimum Gasteiger partial charge on any atom is -0.319 e. The SMILES string of the molecule is CNCCc1ccc(CN(C)Cc2ccc(Cl)cc2)cc1. The number of hydrogen-bond donors (Lipinski definition) is 1. The first kappa shape index (κ1) is 16.0. The van der Waals surface area contributed by atoms with Crippen LogP contribution >= 0.6 is 11.6 Å². The minimum absolute atomic E-state index is 0.790. The molecule has 0 amide bonds. The summed E-state index contributed by atoms with van der Waals surface area (Å²) in [5.41, 5.74) is 4.01. The van der Waals surface area contributed by atoms with Crippen LogP contribution < -0.4 is 5.32 Å². The minimum atomic E-state index is 0.790. The van der Waals surface area contributed by atoms with Gasteiger partial charge in [-0.25, -0.2) is 0 Å². The summed E-state index contributed by atoms with van der Waals surface area (Å²) in [6.07, 6.45) is 1.08. The molecule has 0 radical (unpaired) electrons. The van der Waals surface area contributed by atoms with Crippen LogP contribution in [0.4, 0.5) is 0 Å². The van der Waals surface area contributed by atoms with Gasteiger partial charge >= 0.3 is 0 Å². The van der Waals surface area contributed by atoms with E-state index in [4.69, 9.17) is 11.6 Å². The molecule has 21 heavy (non-hydrogen) atoms. The predicted octanol–water partition coefficient (Wildman–Crippen LogP) is 3.73. The zero-order valence-corrected chi connectivity index (χ0v) is 13.5. The summed E-state index contributed by atoms with van der Waals surface area (Å²) in [6, 6.07) is 17.0. The summed E-state index contributed by atoms with van der Waals surface area (Å²) < 4.78 is 0. The number of nitrogens with zero attached hydrogens (tertiary/aromatic N) is 1. The Labute approximate surface area is 132 Å². The first-order valence-corrected chi connectivity index (χ1v) is 7.70. The van der Waals surface area contributed by atoms with Gasteiger partial charge in [-0.05, 0) is 55.9 Å². The van der Waals surface area contributed by atoms with Crippen LogP contribution in [0.1, 0.15) is 16.7 Å². The maximum Gasteiger partial charge on any atom is 0.0406 e. The van der Waals surface area contributed by atoms with Crippen molar-refractivity contribution >= 4 is 11.6 Å². The molecule has 0 saturated heterocycles. The van der Waals surface area contributed by atoms with E-state index in [2.05, 4.69) is 53.7 Å². The average Bonchev–Trinajstić information content (AvgIpc) is 2.49. The van der Waals surface area contributed by atoms with Crippen molar-refractivity contribution in [1.82, 2.24) is 10.2 Å². The van der Waals surface area contributed by atoms with Crippen molar-refractivity contribution in [2.24, 2.45) is 0 Å². The van der Waals surface area contributed by atoms with Gasteiger partial charge in [0.25, 0.3) is 0 Å². The Morgan fingerprint density at radius 1 is 0.857 bits per heavy atom. The van der Waals surface area contributed by atoms with Crippen molar-refractivity contribution in [1.29, 1.82) is 0 Å². The summed E-state index contributed by atoms with van der Waals surface area (Å²) >= 11 is 5.91. The molecule has 0 aliphatic rings. The first-order valence-electron chi connectivity index (χ1n) is 7.33. The zero-order chi connectivity index (χ0) is 15.1. The van der Waals surface area contributed by atoms with E-state index in [1.54, 1.807) is 0 Å². The zero-order valence-electron chi connectivity index (χ0n) is 12.8. The molecule has 0 spiro atoms. The van der Waals surface area contributed by atoms with Crippen LogP contribution in [0.2, 0.25) is 5.02 Å². The van der Waals surface area contributed by atoms with Crippen LogP contribution in [0.25, 0.3) is 0 Å². The van der Waals surface area contributed by atoms with Gasteiger partial charge in [-0.3, -0.25) is 4.90 Å². The molecule has 0 atom stereocenters. The number of likely N-dealkylation sites (N-methyl/N-ethyl adjacent to an activating group) is 1. The molecular formula is C18H23ClN2. The van der Waals surface area contributed by atoms with Gasteiger partial charge in [-0.15, -0.1) is 0 Å². The van der Waals surface area contributed by atoms with Gasteiger partial charge in [0.05, 0.1) is 0 Å². The molecule has 112 valence electrons. The fourth-order valence-corrected chi connectivity index (χ4v) is 2.48. The summed E-state index contributed by atoms with van der Waals surface area (Å²) in [4.78, 5) is 2.31. The number of rotatable bonds is 7. The fraction of sp³-hybridized carbons (Fsp3) is 0.333. The van der Waals surface area contributed by atoms with Gasteiger partial charge in [0.15, 0.2) is 0 Å². The van der Waals surface area contributed by atoms with E-state index in [9.17, 15) is 0 Å². The van der Waals surface area contributed by atoms with E-state index in [-0.39, 0.29) is 0 Å². The second-order valence-electron chi connectivity index (χ2n) is 5.47. The highest BCUT2D eigenvalue weighted by molar-refractivity contribution is 6.30. The van der Waals surface area contributed by atoms with E-state index in [1.165, 1.54) is 16.7 Å². The van der Waals surface area contributed by atoms with Gasteiger partial charge in [0, 0.05) is 18.1 Å². The highest BCUT2D eigenvalue weighted by atomic mass is 35.5. The highest BCUT2D eigenvalue weighted by Gasteiger charge is 2.02. The van der Waals surface area contributed by atoms with Gasteiger partial charge in [0.2, 0.25) is 0 Å². The van der Waals surface area contributed by atoms with Crippen molar-refractivity contribution < 1.29 is 0 Å². The van der Waals surface area contributed by atoms with Crippen LogP contribution in [-0.2, 0) is 19.5 Å². The molecule has 0 aliphatic heterocycles. The quantitative estimate of drug-likeness (QED) is 0.838. The number of benzene rings is 2. The molecule has 0 unspecified atom stereocenters. The normalized spacial score (nSPS) is 11.0. The summed E-state index contributed by atoms with van der Waals surface area (Å²) in [6.45, 7) is 2.91. The molecular weight excluding hydrogens is 280 g/mol. The van der Waals surface area contributed by atoms with Crippen molar-refractivity contribution in [3.63, 3.8) is 0 Å². The molecule has 0 heterocycles. The molecule has 2 aromatic rings. The maximum absolute atomic E-state index is 5.91.